The Bertz CT molecular complexity index is 1250. The molecule has 0 atom stereocenters. The number of alkyl halides is 3. The quantitative estimate of drug-likeness (QED) is 0.312. The number of aryl methyl sites for hydroxylation is 1. The molecule has 0 saturated heterocycles. The SMILES string of the molecule is C1CCCCC1.Cc1c(C(N)=O)oc2ccccc12.Nc1cc(C(F)(F)F)nc2ccccc12. The number of hydrogen-bond acceptors (Lipinski definition) is 4. The summed E-state index contributed by atoms with van der Waals surface area (Å²) >= 11 is 0. The molecule has 0 unspecified atom stereocenters. The second-order valence-corrected chi connectivity index (χ2v) is 8.15. The Hall–Kier alpha value is -3.55. The summed E-state index contributed by atoms with van der Waals surface area (Å²) in [4.78, 5) is 14.4. The van der Waals surface area contributed by atoms with Crippen LogP contribution in [0, 0.1) is 6.92 Å². The van der Waals surface area contributed by atoms with E-state index in [9.17, 15) is 18.0 Å². The van der Waals surface area contributed by atoms with Crippen LogP contribution in [0.3, 0.4) is 0 Å². The molecule has 0 radical (unpaired) electrons. The van der Waals surface area contributed by atoms with Crippen molar-refractivity contribution in [1.29, 1.82) is 0 Å². The standard InChI is InChI=1S/C10H7F3N2.C10H9NO2.C6H12/c11-10(12,13)9-5-7(14)6-3-1-2-4-8(6)15-9;1-6-7-4-2-3-5-8(7)13-9(6)10(11)12;1-2-4-6-5-3-1/h1-5H,(H2,14,15);2-5H,1H3,(H2,11,12);1-6H2. The van der Waals surface area contributed by atoms with Crippen molar-refractivity contribution in [3.05, 3.63) is 71.6 Å². The molecule has 1 aliphatic carbocycles. The average Bonchev–Trinajstić information content (AvgIpc) is 3.17. The predicted molar refractivity (Wildman–Crippen MR) is 128 cm³/mol. The highest BCUT2D eigenvalue weighted by atomic mass is 19.4. The molecule has 5 rings (SSSR count). The molecule has 2 aromatic carbocycles. The lowest BCUT2D eigenvalue weighted by Crippen LogP contribution is -2.10. The summed E-state index contributed by atoms with van der Waals surface area (Å²) in [5, 5.41) is 1.47. The van der Waals surface area contributed by atoms with Crippen LogP contribution in [0.1, 0.15) is 60.3 Å². The van der Waals surface area contributed by atoms with Crippen molar-refractivity contribution in [3.8, 4) is 0 Å². The predicted octanol–water partition coefficient (Wildman–Crippen LogP) is 7.02. The summed E-state index contributed by atoms with van der Waals surface area (Å²) in [7, 11) is 0. The van der Waals surface area contributed by atoms with Gasteiger partial charge in [0.1, 0.15) is 11.3 Å². The van der Waals surface area contributed by atoms with E-state index >= 15 is 0 Å². The zero-order chi connectivity index (χ0) is 24.7. The fourth-order valence-corrected chi connectivity index (χ4v) is 3.82. The molecule has 1 amide bonds. The molecule has 34 heavy (non-hydrogen) atoms. The van der Waals surface area contributed by atoms with Gasteiger partial charge in [-0.1, -0.05) is 74.9 Å². The number of amides is 1. The summed E-state index contributed by atoms with van der Waals surface area (Å²) in [6.07, 6.45) is 4.54. The highest BCUT2D eigenvalue weighted by molar-refractivity contribution is 5.97. The molecule has 180 valence electrons. The van der Waals surface area contributed by atoms with Crippen molar-refractivity contribution in [2.45, 2.75) is 51.6 Å². The number of nitrogens with zero attached hydrogens (tertiary/aromatic N) is 1. The molecule has 4 aromatic rings. The van der Waals surface area contributed by atoms with Crippen LogP contribution < -0.4 is 11.5 Å². The van der Waals surface area contributed by atoms with Gasteiger partial charge in [-0.2, -0.15) is 13.2 Å². The normalized spacial score (nSPS) is 13.5. The topological polar surface area (TPSA) is 95.1 Å². The first-order chi connectivity index (χ1) is 16.2. The maximum absolute atomic E-state index is 12.4. The Kier molecular flexibility index (Phi) is 8.15. The van der Waals surface area contributed by atoms with E-state index < -0.39 is 17.8 Å². The van der Waals surface area contributed by atoms with E-state index in [-0.39, 0.29) is 17.0 Å². The van der Waals surface area contributed by atoms with Crippen molar-refractivity contribution in [2.75, 3.05) is 5.73 Å². The molecule has 2 heterocycles. The smallest absolute Gasteiger partial charge is 0.433 e. The lowest BCUT2D eigenvalue weighted by atomic mass is 10.0. The van der Waals surface area contributed by atoms with Gasteiger partial charge in [-0.25, -0.2) is 4.98 Å². The molecule has 5 nitrogen and oxygen atoms in total. The van der Waals surface area contributed by atoms with Gasteiger partial charge in [-0.3, -0.25) is 4.79 Å². The molecule has 2 aromatic heterocycles. The molecular formula is C26H28F3N3O2. The molecule has 1 aliphatic rings. The highest BCUT2D eigenvalue weighted by Gasteiger charge is 2.33. The number of benzene rings is 2. The second-order valence-electron chi connectivity index (χ2n) is 8.15. The van der Waals surface area contributed by atoms with Crippen molar-refractivity contribution in [3.63, 3.8) is 0 Å². The molecular weight excluding hydrogens is 443 g/mol. The van der Waals surface area contributed by atoms with E-state index in [4.69, 9.17) is 15.9 Å². The Morgan fingerprint density at radius 2 is 1.44 bits per heavy atom. The number of fused-ring (bicyclic) bond motifs is 2. The fourth-order valence-electron chi connectivity index (χ4n) is 3.82. The zero-order valence-corrected chi connectivity index (χ0v) is 19.0. The van der Waals surface area contributed by atoms with Crippen LogP contribution >= 0.6 is 0 Å². The first kappa shape index (κ1) is 25.1. The van der Waals surface area contributed by atoms with Gasteiger partial charge in [0.15, 0.2) is 5.76 Å². The molecule has 1 fully saturated rings. The van der Waals surface area contributed by atoms with Crippen LogP contribution in [-0.2, 0) is 6.18 Å². The number of furan rings is 1. The van der Waals surface area contributed by atoms with Crippen LogP contribution in [0.2, 0.25) is 0 Å². The van der Waals surface area contributed by atoms with E-state index in [1.807, 2.05) is 31.2 Å². The second kappa shape index (κ2) is 11.0. The van der Waals surface area contributed by atoms with E-state index in [0.717, 1.165) is 17.0 Å². The highest BCUT2D eigenvalue weighted by Crippen LogP contribution is 2.31. The Morgan fingerprint density at radius 1 is 0.912 bits per heavy atom. The molecule has 1 saturated carbocycles. The third kappa shape index (κ3) is 6.27. The minimum absolute atomic E-state index is 0.0907. The maximum atomic E-state index is 12.4. The number of pyridine rings is 1. The van der Waals surface area contributed by atoms with Gasteiger partial charge in [0, 0.05) is 22.0 Å². The van der Waals surface area contributed by atoms with E-state index in [1.54, 1.807) is 18.2 Å². The summed E-state index contributed by atoms with van der Waals surface area (Å²) in [6.45, 7) is 1.83. The number of halogens is 3. The molecule has 4 N–H and O–H groups in total. The van der Waals surface area contributed by atoms with Gasteiger partial charge in [0.05, 0.1) is 5.52 Å². The number of para-hydroxylation sites is 2. The number of nitrogens with two attached hydrogens (primary N) is 2. The van der Waals surface area contributed by atoms with Gasteiger partial charge >= 0.3 is 6.18 Å². The van der Waals surface area contributed by atoms with E-state index in [1.165, 1.54) is 44.6 Å². The molecule has 0 spiro atoms. The fraction of sp³-hybridized carbons (Fsp3) is 0.308. The molecule has 8 heteroatoms. The van der Waals surface area contributed by atoms with E-state index in [0.29, 0.717) is 11.0 Å². The van der Waals surface area contributed by atoms with Crippen LogP contribution in [0.5, 0.6) is 0 Å². The number of aromatic nitrogens is 1. The van der Waals surface area contributed by atoms with Gasteiger partial charge < -0.3 is 15.9 Å². The summed E-state index contributed by atoms with van der Waals surface area (Å²) in [5.74, 6) is -0.269. The number of anilines is 1. The molecule has 0 aliphatic heterocycles. The van der Waals surface area contributed by atoms with Crippen molar-refractivity contribution in [2.24, 2.45) is 5.73 Å². The van der Waals surface area contributed by atoms with Gasteiger partial charge in [0.25, 0.3) is 5.91 Å². The van der Waals surface area contributed by atoms with Crippen molar-refractivity contribution < 1.29 is 22.4 Å². The monoisotopic (exact) mass is 471 g/mol. The summed E-state index contributed by atoms with van der Waals surface area (Å²) in [6, 6.07) is 14.8. The first-order valence-electron chi connectivity index (χ1n) is 11.2. The van der Waals surface area contributed by atoms with Crippen LogP contribution in [0.4, 0.5) is 18.9 Å². The summed E-state index contributed by atoms with van der Waals surface area (Å²) < 4.78 is 42.4. The number of rotatable bonds is 1. The van der Waals surface area contributed by atoms with Crippen LogP contribution in [-0.4, -0.2) is 10.9 Å². The third-order valence-corrected chi connectivity index (χ3v) is 5.61. The average molecular weight is 472 g/mol. The van der Waals surface area contributed by atoms with Crippen molar-refractivity contribution >= 4 is 33.5 Å². The first-order valence-corrected chi connectivity index (χ1v) is 11.2. The molecule has 0 bridgehead atoms. The zero-order valence-electron chi connectivity index (χ0n) is 19.0. The lowest BCUT2D eigenvalue weighted by Gasteiger charge is -2.08. The third-order valence-electron chi connectivity index (χ3n) is 5.61. The van der Waals surface area contributed by atoms with Gasteiger partial charge in [0.2, 0.25) is 0 Å². The van der Waals surface area contributed by atoms with Gasteiger partial charge in [-0.15, -0.1) is 0 Å². The van der Waals surface area contributed by atoms with Gasteiger partial charge in [-0.05, 0) is 25.1 Å². The minimum Gasteiger partial charge on any atom is -0.451 e. The Balaban J connectivity index is 0.000000155. The van der Waals surface area contributed by atoms with E-state index in [2.05, 4.69) is 4.98 Å². The largest absolute Gasteiger partial charge is 0.451 e. The van der Waals surface area contributed by atoms with Crippen LogP contribution in [0.15, 0.2) is 59.0 Å². The number of carbonyl (C=O) groups is 1. The number of carbonyl (C=O) groups excluding carboxylic acids is 1. The lowest BCUT2D eigenvalue weighted by molar-refractivity contribution is -0.140. The number of nitrogen functional groups attached to an aromatic ring is 1. The minimum atomic E-state index is -4.46. The Morgan fingerprint density at radius 3 is 1.97 bits per heavy atom. The van der Waals surface area contributed by atoms with Crippen molar-refractivity contribution in [1.82, 2.24) is 4.98 Å². The Labute approximate surface area is 195 Å². The number of primary amides is 1. The number of hydrogen-bond donors (Lipinski definition) is 2. The van der Waals surface area contributed by atoms with Crippen LogP contribution in [0.25, 0.3) is 21.9 Å². The summed E-state index contributed by atoms with van der Waals surface area (Å²) in [5.41, 5.74) is 11.6. The maximum Gasteiger partial charge on any atom is 0.433 e.